The Morgan fingerprint density at radius 2 is 2.03 bits per heavy atom. The summed E-state index contributed by atoms with van der Waals surface area (Å²) in [5.41, 5.74) is 1.70. The molecule has 1 aromatic carbocycles. The maximum absolute atomic E-state index is 15.6. The minimum atomic E-state index is -3.57. The van der Waals surface area contributed by atoms with Gasteiger partial charge in [0.05, 0.1) is 16.8 Å². The van der Waals surface area contributed by atoms with Crippen molar-refractivity contribution in [3.8, 4) is 22.6 Å². The van der Waals surface area contributed by atoms with E-state index in [4.69, 9.17) is 17.0 Å². The van der Waals surface area contributed by atoms with Crippen molar-refractivity contribution in [2.45, 2.75) is 18.5 Å². The summed E-state index contributed by atoms with van der Waals surface area (Å²) in [6.07, 6.45) is 6.14. The predicted octanol–water partition coefficient (Wildman–Crippen LogP) is 5.25. The fourth-order valence-corrected chi connectivity index (χ4v) is 4.64. The Morgan fingerprint density at radius 3 is 2.76 bits per heavy atom. The third kappa shape index (κ3) is 4.35. The minimum Gasteiger partial charge on any atom is -0.375 e. The Kier molecular flexibility index (Phi) is 6.46. The first-order valence-electron chi connectivity index (χ1n) is 11.3. The molecule has 3 aromatic heterocycles. The Hall–Kier alpha value is -4.12. The number of halogens is 4. The van der Waals surface area contributed by atoms with Crippen LogP contribution in [0.15, 0.2) is 66.8 Å². The van der Waals surface area contributed by atoms with E-state index < -0.39 is 30.0 Å². The molecule has 0 saturated carbocycles. The number of aromatic nitrogens is 5. The van der Waals surface area contributed by atoms with Gasteiger partial charge in [0, 0.05) is 43.3 Å². The summed E-state index contributed by atoms with van der Waals surface area (Å²) in [4.78, 5) is 4.30. The van der Waals surface area contributed by atoms with Crippen LogP contribution in [-0.2, 0) is 12.5 Å². The SMILES string of the molecule is CN/C(=C\C=N)Nc1cc(-c2cc3n(c2)C[C@H](CF)n2c-3nnc2C(F)(F)c2ccccc2Cl)ccn1. The molecule has 1 aliphatic rings. The summed E-state index contributed by atoms with van der Waals surface area (Å²) in [6.45, 7) is -0.746. The molecule has 0 aliphatic carbocycles. The lowest BCUT2D eigenvalue weighted by atomic mass is 10.1. The largest absolute Gasteiger partial charge is 0.375 e. The Morgan fingerprint density at radius 1 is 1.22 bits per heavy atom. The van der Waals surface area contributed by atoms with Crippen LogP contribution in [0, 0.1) is 5.41 Å². The molecule has 1 aliphatic heterocycles. The van der Waals surface area contributed by atoms with Crippen molar-refractivity contribution >= 4 is 23.6 Å². The Labute approximate surface area is 215 Å². The molecule has 5 rings (SSSR count). The molecule has 0 amide bonds. The summed E-state index contributed by atoms with van der Waals surface area (Å²) in [6, 6.07) is 10.1. The Balaban J connectivity index is 1.55. The van der Waals surface area contributed by atoms with E-state index in [2.05, 4.69) is 25.8 Å². The van der Waals surface area contributed by atoms with Crippen LogP contribution in [-0.4, -0.2) is 44.3 Å². The molecule has 1 atom stereocenters. The molecule has 190 valence electrons. The van der Waals surface area contributed by atoms with Gasteiger partial charge in [-0.15, -0.1) is 10.2 Å². The number of benzene rings is 1. The van der Waals surface area contributed by atoms with E-state index in [1.165, 1.54) is 22.8 Å². The van der Waals surface area contributed by atoms with E-state index in [9.17, 15) is 4.39 Å². The predicted molar refractivity (Wildman–Crippen MR) is 136 cm³/mol. The van der Waals surface area contributed by atoms with Crippen molar-refractivity contribution in [3.05, 3.63) is 83.2 Å². The van der Waals surface area contributed by atoms with Gasteiger partial charge in [-0.25, -0.2) is 9.37 Å². The van der Waals surface area contributed by atoms with Crippen LogP contribution in [0.1, 0.15) is 17.4 Å². The van der Waals surface area contributed by atoms with Crippen LogP contribution in [0.2, 0.25) is 5.02 Å². The summed E-state index contributed by atoms with van der Waals surface area (Å²) in [5, 5.41) is 21.0. The molecule has 4 heterocycles. The van der Waals surface area contributed by atoms with Gasteiger partial charge in [-0.05, 0) is 35.9 Å². The van der Waals surface area contributed by atoms with Gasteiger partial charge in [0.1, 0.15) is 18.3 Å². The second-order valence-electron chi connectivity index (χ2n) is 8.40. The van der Waals surface area contributed by atoms with E-state index >= 15 is 8.78 Å². The number of alkyl halides is 3. The number of hydrogen-bond acceptors (Lipinski definition) is 6. The molecule has 0 unspecified atom stereocenters. The van der Waals surface area contributed by atoms with E-state index in [0.717, 1.165) is 17.3 Å². The van der Waals surface area contributed by atoms with Crippen LogP contribution in [0.25, 0.3) is 22.6 Å². The van der Waals surface area contributed by atoms with E-state index in [1.807, 2.05) is 12.3 Å². The van der Waals surface area contributed by atoms with Crippen molar-refractivity contribution in [1.82, 2.24) is 29.6 Å². The summed E-state index contributed by atoms with van der Waals surface area (Å²) < 4.78 is 48.3. The number of rotatable bonds is 8. The van der Waals surface area contributed by atoms with Gasteiger partial charge in [-0.3, -0.25) is 4.57 Å². The van der Waals surface area contributed by atoms with Gasteiger partial charge < -0.3 is 20.6 Å². The van der Waals surface area contributed by atoms with Gasteiger partial charge in [-0.2, -0.15) is 8.78 Å². The molecule has 3 N–H and O–H groups in total. The molecule has 0 fully saturated rings. The average Bonchev–Trinajstić information content (AvgIpc) is 3.53. The third-order valence-electron chi connectivity index (χ3n) is 6.14. The molecule has 37 heavy (non-hydrogen) atoms. The number of anilines is 1. The molecule has 4 aromatic rings. The summed E-state index contributed by atoms with van der Waals surface area (Å²) in [5.74, 6) is -2.95. The molecule has 0 radical (unpaired) electrons. The topological polar surface area (TPSA) is 96.4 Å². The lowest BCUT2D eigenvalue weighted by molar-refractivity contribution is 0.0259. The first-order valence-corrected chi connectivity index (χ1v) is 11.7. The maximum Gasteiger partial charge on any atom is 0.333 e. The van der Waals surface area contributed by atoms with Crippen molar-refractivity contribution in [2.75, 3.05) is 19.0 Å². The zero-order valence-corrected chi connectivity index (χ0v) is 20.3. The lowest BCUT2D eigenvalue weighted by Gasteiger charge is -2.28. The second kappa shape index (κ2) is 9.74. The molecule has 0 bridgehead atoms. The lowest BCUT2D eigenvalue weighted by Crippen LogP contribution is -2.30. The first-order chi connectivity index (χ1) is 17.9. The first kappa shape index (κ1) is 24.6. The third-order valence-corrected chi connectivity index (χ3v) is 6.47. The smallest absolute Gasteiger partial charge is 0.333 e. The van der Waals surface area contributed by atoms with Crippen LogP contribution in [0.4, 0.5) is 19.0 Å². The van der Waals surface area contributed by atoms with Crippen molar-refractivity contribution in [2.24, 2.45) is 0 Å². The van der Waals surface area contributed by atoms with Gasteiger partial charge in [0.2, 0.25) is 5.82 Å². The van der Waals surface area contributed by atoms with Crippen molar-refractivity contribution < 1.29 is 13.2 Å². The van der Waals surface area contributed by atoms with Gasteiger partial charge >= 0.3 is 5.92 Å². The van der Waals surface area contributed by atoms with E-state index in [-0.39, 0.29) is 17.4 Å². The second-order valence-corrected chi connectivity index (χ2v) is 8.80. The standard InChI is InChI=1S/C25H22ClF3N8/c1-31-21(6-8-30)33-22-11-15(7-9-32-22)16-10-20-23-34-35-24(37(23)17(12-27)14-36(20)13-16)25(28,29)18-4-2-3-5-19(18)26/h2-11,13,17,30-31H,12,14H2,1H3,(H,32,33)/b21-6+,30-8?/t17-/m0/s1. The number of hydrogen-bond donors (Lipinski definition) is 3. The quantitative estimate of drug-likeness (QED) is 0.273. The van der Waals surface area contributed by atoms with E-state index in [1.54, 1.807) is 42.1 Å². The van der Waals surface area contributed by atoms with Crippen molar-refractivity contribution in [3.63, 3.8) is 0 Å². The highest BCUT2D eigenvalue weighted by molar-refractivity contribution is 6.31. The van der Waals surface area contributed by atoms with E-state index in [0.29, 0.717) is 17.3 Å². The fourth-order valence-electron chi connectivity index (χ4n) is 4.38. The maximum atomic E-state index is 15.6. The highest BCUT2D eigenvalue weighted by Crippen LogP contribution is 2.43. The number of allylic oxidation sites excluding steroid dienone is 1. The van der Waals surface area contributed by atoms with Crippen molar-refractivity contribution in [1.29, 1.82) is 5.41 Å². The van der Waals surface area contributed by atoms with Crippen LogP contribution in [0.3, 0.4) is 0 Å². The number of nitrogens with zero attached hydrogens (tertiary/aromatic N) is 5. The van der Waals surface area contributed by atoms with Gasteiger partial charge in [0.15, 0.2) is 5.82 Å². The average molecular weight is 527 g/mol. The number of fused-ring (bicyclic) bond motifs is 3. The highest BCUT2D eigenvalue weighted by Gasteiger charge is 2.44. The normalized spacial score (nSPS) is 15.2. The van der Waals surface area contributed by atoms with Gasteiger partial charge in [-0.1, -0.05) is 29.8 Å². The molecule has 8 nitrogen and oxygen atoms in total. The zero-order chi connectivity index (χ0) is 26.2. The van der Waals surface area contributed by atoms with Crippen LogP contribution < -0.4 is 10.6 Å². The zero-order valence-electron chi connectivity index (χ0n) is 19.6. The molecular weight excluding hydrogens is 505 g/mol. The number of pyridine rings is 1. The molecule has 12 heteroatoms. The monoisotopic (exact) mass is 526 g/mol. The summed E-state index contributed by atoms with van der Waals surface area (Å²) in [7, 11) is 1.72. The van der Waals surface area contributed by atoms with Crippen LogP contribution in [0.5, 0.6) is 0 Å². The Bertz CT molecular complexity index is 1490. The molecule has 0 spiro atoms. The van der Waals surface area contributed by atoms with Crippen LogP contribution >= 0.6 is 11.6 Å². The fraction of sp³-hybridized carbons (Fsp3) is 0.200. The minimum absolute atomic E-state index is 0.109. The molecular formula is C25H22ClF3N8. The molecule has 0 saturated heterocycles. The number of nitrogens with one attached hydrogen (secondary N) is 3. The van der Waals surface area contributed by atoms with Gasteiger partial charge in [0.25, 0.3) is 0 Å². The highest BCUT2D eigenvalue weighted by atomic mass is 35.5. The summed E-state index contributed by atoms with van der Waals surface area (Å²) >= 11 is 6.06.